The molecule has 1 atom stereocenters. The lowest BCUT2D eigenvalue weighted by Gasteiger charge is -2.18. The highest BCUT2D eigenvalue weighted by molar-refractivity contribution is 5.97. The van der Waals surface area contributed by atoms with Gasteiger partial charge in [0.25, 0.3) is 5.91 Å². The number of imidazole rings is 1. The fourth-order valence-electron chi connectivity index (χ4n) is 3.31. The van der Waals surface area contributed by atoms with Crippen LogP contribution in [-0.4, -0.2) is 32.2 Å². The van der Waals surface area contributed by atoms with E-state index in [0.717, 1.165) is 35.1 Å². The molecule has 2 heterocycles. The number of nitrogens with one attached hydrogen (secondary N) is 1. The summed E-state index contributed by atoms with van der Waals surface area (Å²) in [7, 11) is 0. The van der Waals surface area contributed by atoms with Gasteiger partial charge >= 0.3 is 0 Å². The molecule has 0 radical (unpaired) electrons. The van der Waals surface area contributed by atoms with Gasteiger partial charge in [-0.25, -0.2) is 4.98 Å². The van der Waals surface area contributed by atoms with Gasteiger partial charge in [0.15, 0.2) is 0 Å². The van der Waals surface area contributed by atoms with Gasteiger partial charge in [-0.3, -0.25) is 9.78 Å². The molecular weight excluding hydrogens is 328 g/mol. The molecule has 1 amide bonds. The number of carbonyl (C=O) groups excluding carboxylic acids is 1. The van der Waals surface area contributed by atoms with Gasteiger partial charge in [0.05, 0.1) is 35.7 Å². The maximum Gasteiger partial charge on any atom is 0.251 e. The van der Waals surface area contributed by atoms with E-state index >= 15 is 0 Å². The van der Waals surface area contributed by atoms with Crippen LogP contribution in [0.3, 0.4) is 0 Å². The molecule has 6 heteroatoms. The summed E-state index contributed by atoms with van der Waals surface area (Å²) in [6, 6.07) is 9.44. The Morgan fingerprint density at radius 2 is 2.15 bits per heavy atom. The zero-order chi connectivity index (χ0) is 18.1. The smallest absolute Gasteiger partial charge is 0.251 e. The molecule has 0 unspecified atom stereocenters. The SMILES string of the molecule is Cc1ccnc([C@H](NC(=O)c2ccc3c(c2)ncn3CCO)C2CC2)c1. The lowest BCUT2D eigenvalue weighted by Crippen LogP contribution is -2.30. The summed E-state index contributed by atoms with van der Waals surface area (Å²) in [5.41, 5.74) is 4.32. The second-order valence-corrected chi connectivity index (χ2v) is 6.91. The van der Waals surface area contributed by atoms with Crippen LogP contribution in [0.2, 0.25) is 0 Å². The van der Waals surface area contributed by atoms with Crippen LogP contribution in [0.4, 0.5) is 0 Å². The summed E-state index contributed by atoms with van der Waals surface area (Å²) < 4.78 is 1.88. The van der Waals surface area contributed by atoms with Crippen LogP contribution >= 0.6 is 0 Å². The summed E-state index contributed by atoms with van der Waals surface area (Å²) in [4.78, 5) is 21.6. The van der Waals surface area contributed by atoms with Gasteiger partial charge in [0.1, 0.15) is 0 Å². The van der Waals surface area contributed by atoms with E-state index in [-0.39, 0.29) is 18.6 Å². The third-order valence-corrected chi connectivity index (χ3v) is 4.86. The number of aromatic nitrogens is 3. The zero-order valence-electron chi connectivity index (χ0n) is 14.7. The number of hydrogen-bond donors (Lipinski definition) is 2. The number of nitrogens with zero attached hydrogens (tertiary/aromatic N) is 3. The van der Waals surface area contributed by atoms with Crippen LogP contribution in [0.25, 0.3) is 11.0 Å². The number of amides is 1. The first-order valence-corrected chi connectivity index (χ1v) is 8.95. The largest absolute Gasteiger partial charge is 0.395 e. The van der Waals surface area contributed by atoms with E-state index in [1.54, 1.807) is 24.7 Å². The highest BCUT2D eigenvalue weighted by atomic mass is 16.3. The summed E-state index contributed by atoms with van der Waals surface area (Å²) >= 11 is 0. The Morgan fingerprint density at radius 3 is 2.88 bits per heavy atom. The van der Waals surface area contributed by atoms with Gasteiger partial charge in [-0.1, -0.05) is 0 Å². The van der Waals surface area contributed by atoms with Crippen molar-refractivity contribution in [2.75, 3.05) is 6.61 Å². The number of pyridine rings is 1. The lowest BCUT2D eigenvalue weighted by atomic mass is 10.1. The predicted octanol–water partition coefficient (Wildman–Crippen LogP) is 2.61. The van der Waals surface area contributed by atoms with E-state index < -0.39 is 0 Å². The average molecular weight is 350 g/mol. The number of benzene rings is 1. The molecule has 6 nitrogen and oxygen atoms in total. The molecule has 26 heavy (non-hydrogen) atoms. The highest BCUT2D eigenvalue weighted by Crippen LogP contribution is 2.40. The Morgan fingerprint density at radius 1 is 1.31 bits per heavy atom. The average Bonchev–Trinajstić information content (AvgIpc) is 3.41. The monoisotopic (exact) mass is 350 g/mol. The standard InChI is InChI=1S/C20H22N4O2/c1-13-6-7-21-17(10-13)19(14-2-3-14)23-20(26)15-4-5-18-16(11-15)22-12-24(18)8-9-25/h4-7,10-12,14,19,25H,2-3,8-9H2,1H3,(H,23,26)/t19-/m1/s1. The molecule has 0 saturated heterocycles. The first kappa shape index (κ1) is 16.7. The van der Waals surface area contributed by atoms with E-state index in [0.29, 0.717) is 18.0 Å². The Balaban J connectivity index is 1.57. The number of aliphatic hydroxyl groups is 1. The van der Waals surface area contributed by atoms with Crippen molar-refractivity contribution in [3.63, 3.8) is 0 Å². The second-order valence-electron chi connectivity index (χ2n) is 6.91. The van der Waals surface area contributed by atoms with E-state index in [9.17, 15) is 4.79 Å². The molecule has 1 aromatic carbocycles. The first-order valence-electron chi connectivity index (χ1n) is 8.95. The third-order valence-electron chi connectivity index (χ3n) is 4.86. The molecular formula is C20H22N4O2. The Hall–Kier alpha value is -2.73. The van der Waals surface area contributed by atoms with Gasteiger partial charge in [0, 0.05) is 18.3 Å². The molecule has 0 spiro atoms. The van der Waals surface area contributed by atoms with Crippen molar-refractivity contribution in [2.24, 2.45) is 5.92 Å². The molecule has 1 aliphatic rings. The Bertz CT molecular complexity index is 946. The molecule has 0 aliphatic heterocycles. The number of hydrogen-bond acceptors (Lipinski definition) is 4. The summed E-state index contributed by atoms with van der Waals surface area (Å²) in [5.74, 6) is 0.351. The maximum absolute atomic E-state index is 12.8. The molecule has 134 valence electrons. The summed E-state index contributed by atoms with van der Waals surface area (Å²) in [6.07, 6.45) is 5.72. The first-order chi connectivity index (χ1) is 12.7. The van der Waals surface area contributed by atoms with Gasteiger partial charge in [-0.05, 0) is 61.6 Å². The van der Waals surface area contributed by atoms with Crippen molar-refractivity contribution in [3.05, 3.63) is 59.7 Å². The Kier molecular flexibility index (Phi) is 4.42. The minimum atomic E-state index is -0.108. The van der Waals surface area contributed by atoms with Crippen molar-refractivity contribution in [3.8, 4) is 0 Å². The van der Waals surface area contributed by atoms with Crippen molar-refractivity contribution in [1.82, 2.24) is 19.9 Å². The van der Waals surface area contributed by atoms with E-state index in [4.69, 9.17) is 5.11 Å². The molecule has 2 aromatic heterocycles. The van der Waals surface area contributed by atoms with Crippen LogP contribution in [0, 0.1) is 12.8 Å². The van der Waals surface area contributed by atoms with Gasteiger partial charge in [0.2, 0.25) is 0 Å². The van der Waals surface area contributed by atoms with Crippen LogP contribution in [-0.2, 0) is 6.54 Å². The molecule has 1 fully saturated rings. The van der Waals surface area contributed by atoms with Crippen molar-refractivity contribution in [2.45, 2.75) is 32.4 Å². The quantitative estimate of drug-likeness (QED) is 0.716. The molecule has 2 N–H and O–H groups in total. The van der Waals surface area contributed by atoms with Gasteiger partial charge < -0.3 is 15.0 Å². The van der Waals surface area contributed by atoms with Crippen LogP contribution in [0.15, 0.2) is 42.9 Å². The van der Waals surface area contributed by atoms with Gasteiger partial charge in [-0.2, -0.15) is 0 Å². The van der Waals surface area contributed by atoms with Crippen molar-refractivity contribution >= 4 is 16.9 Å². The van der Waals surface area contributed by atoms with Crippen molar-refractivity contribution < 1.29 is 9.90 Å². The molecule has 1 saturated carbocycles. The second kappa shape index (κ2) is 6.88. The molecule has 1 aliphatic carbocycles. The number of carbonyl (C=O) groups is 1. The Labute approximate surface area is 151 Å². The van der Waals surface area contributed by atoms with Crippen LogP contribution in [0.1, 0.15) is 40.5 Å². The highest BCUT2D eigenvalue weighted by Gasteiger charge is 2.34. The predicted molar refractivity (Wildman–Crippen MR) is 98.7 cm³/mol. The number of fused-ring (bicyclic) bond motifs is 1. The summed E-state index contributed by atoms with van der Waals surface area (Å²) in [6.45, 7) is 2.58. The topological polar surface area (TPSA) is 80.0 Å². The molecule has 0 bridgehead atoms. The fraction of sp³-hybridized carbons (Fsp3) is 0.350. The molecule has 4 rings (SSSR count). The lowest BCUT2D eigenvalue weighted by molar-refractivity contribution is 0.0930. The summed E-state index contributed by atoms with van der Waals surface area (Å²) in [5, 5.41) is 12.3. The fourth-order valence-corrected chi connectivity index (χ4v) is 3.31. The normalized spacial score (nSPS) is 15.2. The minimum Gasteiger partial charge on any atom is -0.395 e. The minimum absolute atomic E-state index is 0.0509. The number of aryl methyl sites for hydroxylation is 1. The van der Waals surface area contributed by atoms with Gasteiger partial charge in [-0.15, -0.1) is 0 Å². The third kappa shape index (κ3) is 3.32. The van der Waals surface area contributed by atoms with E-state index in [1.165, 1.54) is 0 Å². The van der Waals surface area contributed by atoms with Crippen LogP contribution in [0.5, 0.6) is 0 Å². The number of rotatable bonds is 6. The van der Waals surface area contributed by atoms with Crippen molar-refractivity contribution in [1.29, 1.82) is 0 Å². The maximum atomic E-state index is 12.8. The molecule has 3 aromatic rings. The zero-order valence-corrected chi connectivity index (χ0v) is 14.7. The van der Waals surface area contributed by atoms with E-state index in [1.807, 2.05) is 29.7 Å². The van der Waals surface area contributed by atoms with Crippen LogP contribution < -0.4 is 5.32 Å². The van der Waals surface area contributed by atoms with E-state index in [2.05, 4.69) is 15.3 Å². The number of aliphatic hydroxyl groups excluding tert-OH is 1.